The monoisotopic (exact) mass is 242 g/mol. The molecule has 1 aromatic rings. The van der Waals surface area contributed by atoms with Gasteiger partial charge in [-0.15, -0.1) is 0 Å². The summed E-state index contributed by atoms with van der Waals surface area (Å²) in [4.78, 5) is 32.5. The van der Waals surface area contributed by atoms with E-state index >= 15 is 0 Å². The van der Waals surface area contributed by atoms with Crippen LogP contribution in [0.25, 0.3) is 0 Å². The van der Waals surface area contributed by atoms with Gasteiger partial charge in [0.1, 0.15) is 11.8 Å². The van der Waals surface area contributed by atoms with Crippen LogP contribution in [0.4, 0.5) is 0 Å². The van der Waals surface area contributed by atoms with E-state index < -0.39 is 30.3 Å². The van der Waals surface area contributed by atoms with Crippen LogP contribution in [0.5, 0.6) is 0 Å². The summed E-state index contributed by atoms with van der Waals surface area (Å²) in [7, 11) is 0. The minimum absolute atomic E-state index is 0.0980. The van der Waals surface area contributed by atoms with Gasteiger partial charge in [-0.2, -0.15) is 0 Å². The Morgan fingerprint density at radius 2 is 2.12 bits per heavy atom. The summed E-state index contributed by atoms with van der Waals surface area (Å²) in [5.74, 6) is -3.16. The molecule has 0 radical (unpaired) electrons. The molecule has 92 valence electrons. The van der Waals surface area contributed by atoms with Crippen LogP contribution in [0.15, 0.2) is 10.6 Å². The highest BCUT2D eigenvalue weighted by Gasteiger charge is 2.24. The van der Waals surface area contributed by atoms with Crippen LogP contribution in [0.1, 0.15) is 22.7 Å². The van der Waals surface area contributed by atoms with Gasteiger partial charge in [0.15, 0.2) is 5.69 Å². The Bertz CT molecular complexity index is 452. The van der Waals surface area contributed by atoms with E-state index in [1.807, 2.05) is 5.32 Å². The minimum Gasteiger partial charge on any atom is -0.481 e. The Morgan fingerprint density at radius 1 is 1.47 bits per heavy atom. The third-order valence-electron chi connectivity index (χ3n) is 1.84. The molecule has 0 saturated carbocycles. The number of carboxylic acid groups (broad SMARTS) is 2. The van der Waals surface area contributed by atoms with Crippen LogP contribution in [-0.4, -0.2) is 39.3 Å². The molecular weight excluding hydrogens is 232 g/mol. The number of hydrogen-bond donors (Lipinski definition) is 3. The Kier molecular flexibility index (Phi) is 3.81. The molecule has 1 atom stereocenters. The maximum Gasteiger partial charge on any atom is 0.326 e. The fourth-order valence-corrected chi connectivity index (χ4v) is 1.08. The van der Waals surface area contributed by atoms with E-state index in [4.69, 9.17) is 10.2 Å². The van der Waals surface area contributed by atoms with Gasteiger partial charge in [0.2, 0.25) is 0 Å². The number of hydrogen-bond acceptors (Lipinski definition) is 5. The molecule has 8 heteroatoms. The summed E-state index contributed by atoms with van der Waals surface area (Å²) in [5, 5.41) is 22.6. The van der Waals surface area contributed by atoms with Crippen LogP contribution in [-0.2, 0) is 9.59 Å². The highest BCUT2D eigenvalue weighted by atomic mass is 16.5. The molecule has 0 aliphatic carbocycles. The zero-order valence-electron chi connectivity index (χ0n) is 8.84. The molecule has 0 spiro atoms. The van der Waals surface area contributed by atoms with Crippen molar-refractivity contribution in [3.63, 3.8) is 0 Å². The van der Waals surface area contributed by atoms with Gasteiger partial charge in [-0.05, 0) is 6.92 Å². The second-order valence-electron chi connectivity index (χ2n) is 3.28. The summed E-state index contributed by atoms with van der Waals surface area (Å²) in [6.07, 6.45) is -0.710. The first-order valence-electron chi connectivity index (χ1n) is 4.59. The quantitative estimate of drug-likeness (QED) is 0.642. The average molecular weight is 242 g/mol. The number of amides is 1. The zero-order valence-corrected chi connectivity index (χ0v) is 8.84. The van der Waals surface area contributed by atoms with Crippen molar-refractivity contribution in [2.75, 3.05) is 0 Å². The fraction of sp³-hybridized carbons (Fsp3) is 0.333. The lowest BCUT2D eigenvalue weighted by Gasteiger charge is -2.10. The first-order valence-corrected chi connectivity index (χ1v) is 4.59. The molecule has 0 aliphatic rings. The van der Waals surface area contributed by atoms with Gasteiger partial charge in [0, 0.05) is 6.07 Å². The Morgan fingerprint density at radius 3 is 2.53 bits per heavy atom. The van der Waals surface area contributed by atoms with Gasteiger partial charge in [-0.1, -0.05) is 5.16 Å². The van der Waals surface area contributed by atoms with Crippen LogP contribution >= 0.6 is 0 Å². The van der Waals surface area contributed by atoms with Crippen molar-refractivity contribution in [2.45, 2.75) is 19.4 Å². The number of nitrogens with one attached hydrogen (secondary N) is 1. The molecule has 1 rings (SSSR count). The van der Waals surface area contributed by atoms with E-state index in [0.29, 0.717) is 5.76 Å². The lowest BCUT2D eigenvalue weighted by atomic mass is 10.2. The van der Waals surface area contributed by atoms with Gasteiger partial charge < -0.3 is 20.1 Å². The van der Waals surface area contributed by atoms with Crippen LogP contribution < -0.4 is 5.32 Å². The van der Waals surface area contributed by atoms with Crippen molar-refractivity contribution in [3.05, 3.63) is 17.5 Å². The number of aliphatic carboxylic acids is 2. The molecule has 1 amide bonds. The SMILES string of the molecule is Cc1cc(C(=O)NC(CC(=O)O)C(=O)O)no1. The molecule has 0 saturated heterocycles. The lowest BCUT2D eigenvalue weighted by molar-refractivity contribution is -0.145. The van der Waals surface area contributed by atoms with Gasteiger partial charge in [-0.25, -0.2) is 4.79 Å². The number of carboxylic acids is 2. The molecule has 17 heavy (non-hydrogen) atoms. The standard InChI is InChI=1S/C9H10N2O6/c1-4-2-5(11-17-4)8(14)10-6(9(15)16)3-7(12)13/h2,6H,3H2,1H3,(H,10,14)(H,12,13)(H,15,16). The number of aromatic nitrogens is 1. The molecule has 1 aromatic heterocycles. The maximum absolute atomic E-state index is 11.5. The second kappa shape index (κ2) is 5.10. The topological polar surface area (TPSA) is 130 Å². The van der Waals surface area contributed by atoms with Crippen molar-refractivity contribution < 1.29 is 29.1 Å². The van der Waals surface area contributed by atoms with Crippen LogP contribution in [0.2, 0.25) is 0 Å². The van der Waals surface area contributed by atoms with E-state index in [9.17, 15) is 14.4 Å². The van der Waals surface area contributed by atoms with Gasteiger partial charge in [-0.3, -0.25) is 9.59 Å². The first-order chi connectivity index (χ1) is 7.90. The molecule has 0 bridgehead atoms. The first kappa shape index (κ1) is 12.7. The lowest BCUT2D eigenvalue weighted by Crippen LogP contribution is -2.42. The summed E-state index contributed by atoms with van der Waals surface area (Å²) >= 11 is 0. The number of nitrogens with zero attached hydrogens (tertiary/aromatic N) is 1. The summed E-state index contributed by atoms with van der Waals surface area (Å²) in [6, 6.07) is -0.188. The molecule has 1 heterocycles. The Hall–Kier alpha value is -2.38. The minimum atomic E-state index is -1.50. The van der Waals surface area contributed by atoms with Gasteiger partial charge >= 0.3 is 11.9 Å². The smallest absolute Gasteiger partial charge is 0.326 e. The predicted molar refractivity (Wildman–Crippen MR) is 52.4 cm³/mol. The summed E-state index contributed by atoms with van der Waals surface area (Å²) in [5.41, 5.74) is -0.0980. The summed E-state index contributed by atoms with van der Waals surface area (Å²) < 4.78 is 4.63. The van der Waals surface area contributed by atoms with Crippen molar-refractivity contribution in [1.82, 2.24) is 10.5 Å². The molecule has 3 N–H and O–H groups in total. The molecule has 0 aliphatic heterocycles. The predicted octanol–water partition coefficient (Wildman–Crippen LogP) is -0.359. The zero-order chi connectivity index (χ0) is 13.0. The highest BCUT2D eigenvalue weighted by Crippen LogP contribution is 2.02. The number of aryl methyl sites for hydroxylation is 1. The van der Waals surface area contributed by atoms with Crippen LogP contribution in [0, 0.1) is 6.92 Å². The number of carbonyl (C=O) groups excluding carboxylic acids is 1. The largest absolute Gasteiger partial charge is 0.481 e. The second-order valence-corrected chi connectivity index (χ2v) is 3.28. The third-order valence-corrected chi connectivity index (χ3v) is 1.84. The average Bonchev–Trinajstić information content (AvgIpc) is 2.63. The van der Waals surface area contributed by atoms with Crippen molar-refractivity contribution >= 4 is 17.8 Å². The molecule has 0 aromatic carbocycles. The van der Waals surface area contributed by atoms with Crippen molar-refractivity contribution in [1.29, 1.82) is 0 Å². The number of carbonyl (C=O) groups is 3. The van der Waals surface area contributed by atoms with Gasteiger partial charge in [0.25, 0.3) is 5.91 Å². The van der Waals surface area contributed by atoms with Crippen molar-refractivity contribution in [2.24, 2.45) is 0 Å². The summed E-state index contributed by atoms with van der Waals surface area (Å²) in [6.45, 7) is 1.57. The molecule has 8 nitrogen and oxygen atoms in total. The number of rotatable bonds is 5. The van der Waals surface area contributed by atoms with E-state index in [0.717, 1.165) is 0 Å². The van der Waals surface area contributed by atoms with E-state index in [1.165, 1.54) is 6.07 Å². The Labute approximate surface area is 95.2 Å². The third kappa shape index (κ3) is 3.59. The van der Waals surface area contributed by atoms with Crippen LogP contribution in [0.3, 0.4) is 0 Å². The van der Waals surface area contributed by atoms with E-state index in [2.05, 4.69) is 9.68 Å². The highest BCUT2D eigenvalue weighted by molar-refractivity contribution is 5.95. The van der Waals surface area contributed by atoms with E-state index in [1.54, 1.807) is 6.92 Å². The molecular formula is C9H10N2O6. The molecule has 1 unspecified atom stereocenters. The van der Waals surface area contributed by atoms with Crippen molar-refractivity contribution in [3.8, 4) is 0 Å². The Balaban J connectivity index is 2.70. The van der Waals surface area contributed by atoms with E-state index in [-0.39, 0.29) is 5.69 Å². The maximum atomic E-state index is 11.5. The van der Waals surface area contributed by atoms with Gasteiger partial charge in [0.05, 0.1) is 6.42 Å². The molecule has 0 fully saturated rings. The fourth-order valence-electron chi connectivity index (χ4n) is 1.08. The normalized spacial score (nSPS) is 11.8.